The summed E-state index contributed by atoms with van der Waals surface area (Å²) >= 11 is 0. The first-order valence-corrected chi connectivity index (χ1v) is 14.3. The van der Waals surface area contributed by atoms with Crippen LogP contribution in [-0.4, -0.2) is 19.8 Å². The van der Waals surface area contributed by atoms with Crippen LogP contribution >= 0.6 is 0 Å². The van der Waals surface area contributed by atoms with Crippen molar-refractivity contribution in [1.82, 2.24) is 0 Å². The summed E-state index contributed by atoms with van der Waals surface area (Å²) in [6, 6.07) is 15.2. The maximum absolute atomic E-state index is 15.2. The molecule has 0 N–H and O–H groups in total. The van der Waals surface area contributed by atoms with Gasteiger partial charge in [0.1, 0.15) is 11.5 Å². The molecule has 1 saturated carbocycles. The Morgan fingerprint density at radius 3 is 1.97 bits per heavy atom. The minimum Gasteiger partial charge on any atom is -0.494 e. The topological polar surface area (TPSA) is 27.7 Å². The predicted octanol–water partition coefficient (Wildman–Crippen LogP) is 9.48. The second-order valence-corrected chi connectivity index (χ2v) is 10.4. The molecule has 0 bridgehead atoms. The molecule has 0 atom stereocenters. The summed E-state index contributed by atoms with van der Waals surface area (Å²) in [5.41, 5.74) is 1.30. The Hall–Kier alpha value is -3.15. The number of ether oxygens (including phenoxy) is 3. The lowest BCUT2D eigenvalue weighted by molar-refractivity contribution is 0.193. The van der Waals surface area contributed by atoms with Crippen LogP contribution in [0.1, 0.15) is 76.7 Å². The fraction of sp³-hybridized carbons (Fsp3) is 0.455. The molecule has 0 aromatic heterocycles. The molecule has 0 spiro atoms. The maximum atomic E-state index is 15.2. The summed E-state index contributed by atoms with van der Waals surface area (Å²) in [6.07, 6.45) is 7.06. The molecular formula is C33H39F3O3. The van der Waals surface area contributed by atoms with Gasteiger partial charge in [0.05, 0.1) is 19.8 Å². The summed E-state index contributed by atoms with van der Waals surface area (Å²) in [5.74, 6) is -0.377. The average molecular weight is 541 g/mol. The molecule has 39 heavy (non-hydrogen) atoms. The number of rotatable bonds is 13. The van der Waals surface area contributed by atoms with Gasteiger partial charge in [-0.05, 0) is 85.8 Å². The van der Waals surface area contributed by atoms with E-state index in [1.165, 1.54) is 6.07 Å². The quantitative estimate of drug-likeness (QED) is 0.202. The van der Waals surface area contributed by atoms with Crippen molar-refractivity contribution in [2.75, 3.05) is 19.8 Å². The molecule has 210 valence electrons. The highest BCUT2D eigenvalue weighted by atomic mass is 19.2. The first kappa shape index (κ1) is 28.8. The van der Waals surface area contributed by atoms with Crippen LogP contribution < -0.4 is 14.2 Å². The van der Waals surface area contributed by atoms with Gasteiger partial charge in [-0.25, -0.2) is 13.2 Å². The fourth-order valence-electron chi connectivity index (χ4n) is 5.04. The Morgan fingerprint density at radius 2 is 1.33 bits per heavy atom. The van der Waals surface area contributed by atoms with Gasteiger partial charge in [-0.1, -0.05) is 51.0 Å². The Morgan fingerprint density at radius 1 is 0.692 bits per heavy atom. The third-order valence-corrected chi connectivity index (χ3v) is 7.48. The summed E-state index contributed by atoms with van der Waals surface area (Å²) in [6.45, 7) is 5.77. The van der Waals surface area contributed by atoms with E-state index in [1.54, 1.807) is 48.5 Å². The van der Waals surface area contributed by atoms with Gasteiger partial charge >= 0.3 is 0 Å². The van der Waals surface area contributed by atoms with E-state index >= 15 is 8.78 Å². The van der Waals surface area contributed by atoms with Crippen LogP contribution in [0.25, 0.3) is 11.1 Å². The van der Waals surface area contributed by atoms with Crippen molar-refractivity contribution in [3.05, 3.63) is 77.6 Å². The van der Waals surface area contributed by atoms with Crippen LogP contribution in [0, 0.1) is 23.4 Å². The van der Waals surface area contributed by atoms with Crippen molar-refractivity contribution in [2.45, 2.75) is 71.1 Å². The SMILES string of the molecule is CCCCOc1ccc(-c2ccc(C3CCC(COc4ccc(OCCCC)cc4F)CC3)c(F)c2F)cc1. The Balaban J connectivity index is 1.30. The van der Waals surface area contributed by atoms with E-state index in [0.717, 1.165) is 57.1 Å². The van der Waals surface area contributed by atoms with Gasteiger partial charge in [-0.2, -0.15) is 0 Å². The molecule has 3 aromatic carbocycles. The van der Waals surface area contributed by atoms with Gasteiger partial charge in [0.2, 0.25) is 0 Å². The third kappa shape index (κ3) is 7.71. The Labute approximate surface area is 230 Å². The highest BCUT2D eigenvalue weighted by Gasteiger charge is 2.27. The van der Waals surface area contributed by atoms with Gasteiger partial charge < -0.3 is 14.2 Å². The van der Waals surface area contributed by atoms with Gasteiger partial charge in [0, 0.05) is 11.6 Å². The Kier molecular flexibility index (Phi) is 10.6. The predicted molar refractivity (Wildman–Crippen MR) is 149 cm³/mol. The summed E-state index contributed by atoms with van der Waals surface area (Å²) in [5, 5.41) is 0. The second kappa shape index (κ2) is 14.3. The van der Waals surface area contributed by atoms with Crippen LogP contribution in [0.2, 0.25) is 0 Å². The molecule has 0 saturated heterocycles. The Bertz CT molecular complexity index is 1190. The number of hydrogen-bond acceptors (Lipinski definition) is 3. The molecule has 3 nitrogen and oxygen atoms in total. The molecular weight excluding hydrogens is 501 g/mol. The molecule has 4 rings (SSSR count). The van der Waals surface area contributed by atoms with Crippen molar-refractivity contribution in [3.63, 3.8) is 0 Å². The van der Waals surface area contributed by atoms with Crippen LogP contribution in [-0.2, 0) is 0 Å². The van der Waals surface area contributed by atoms with E-state index in [-0.39, 0.29) is 23.1 Å². The summed E-state index contributed by atoms with van der Waals surface area (Å²) in [7, 11) is 0. The molecule has 0 radical (unpaired) electrons. The zero-order valence-corrected chi connectivity index (χ0v) is 23.0. The van der Waals surface area contributed by atoms with Gasteiger partial charge in [-0.3, -0.25) is 0 Å². The van der Waals surface area contributed by atoms with E-state index in [2.05, 4.69) is 13.8 Å². The lowest BCUT2D eigenvalue weighted by Crippen LogP contribution is -2.20. The smallest absolute Gasteiger partial charge is 0.168 e. The van der Waals surface area contributed by atoms with Crippen molar-refractivity contribution in [3.8, 4) is 28.4 Å². The van der Waals surface area contributed by atoms with Crippen molar-refractivity contribution < 1.29 is 27.4 Å². The van der Waals surface area contributed by atoms with Crippen LogP contribution in [0.5, 0.6) is 17.2 Å². The second-order valence-electron chi connectivity index (χ2n) is 10.4. The van der Waals surface area contributed by atoms with Crippen molar-refractivity contribution in [2.24, 2.45) is 5.92 Å². The first-order chi connectivity index (χ1) is 19.0. The van der Waals surface area contributed by atoms with E-state index in [9.17, 15) is 4.39 Å². The molecule has 0 unspecified atom stereocenters. The molecule has 3 aromatic rings. The highest BCUT2D eigenvalue weighted by molar-refractivity contribution is 5.65. The molecule has 0 amide bonds. The van der Waals surface area contributed by atoms with E-state index in [4.69, 9.17) is 14.2 Å². The zero-order valence-electron chi connectivity index (χ0n) is 23.0. The fourth-order valence-corrected chi connectivity index (χ4v) is 5.04. The van der Waals surface area contributed by atoms with Gasteiger partial charge in [0.25, 0.3) is 0 Å². The van der Waals surface area contributed by atoms with E-state index in [1.807, 2.05) is 0 Å². The van der Waals surface area contributed by atoms with Crippen LogP contribution in [0.4, 0.5) is 13.2 Å². The van der Waals surface area contributed by atoms with E-state index in [0.29, 0.717) is 36.7 Å². The average Bonchev–Trinajstić information content (AvgIpc) is 2.95. The maximum Gasteiger partial charge on any atom is 0.168 e. The number of hydrogen-bond donors (Lipinski definition) is 0. The van der Waals surface area contributed by atoms with Crippen LogP contribution in [0.15, 0.2) is 54.6 Å². The number of unbranched alkanes of at least 4 members (excludes halogenated alkanes) is 2. The minimum absolute atomic E-state index is 0.0459. The molecule has 1 aliphatic rings. The highest BCUT2D eigenvalue weighted by Crippen LogP contribution is 2.39. The summed E-state index contributed by atoms with van der Waals surface area (Å²) in [4.78, 5) is 0. The lowest BCUT2D eigenvalue weighted by atomic mass is 9.78. The van der Waals surface area contributed by atoms with E-state index < -0.39 is 17.5 Å². The molecule has 6 heteroatoms. The normalized spacial score (nSPS) is 17.2. The lowest BCUT2D eigenvalue weighted by Gasteiger charge is -2.29. The molecule has 1 aliphatic carbocycles. The largest absolute Gasteiger partial charge is 0.494 e. The summed E-state index contributed by atoms with van der Waals surface area (Å²) < 4.78 is 61.7. The molecule has 1 fully saturated rings. The van der Waals surface area contributed by atoms with Gasteiger partial charge in [-0.15, -0.1) is 0 Å². The minimum atomic E-state index is -0.810. The standard InChI is InChI=1S/C33H39F3O3/c1-3-5-19-37-26-13-11-25(12-14-26)29-17-16-28(32(35)33(29)36)24-9-7-23(8-10-24)22-39-31-18-15-27(21-30(31)34)38-20-6-4-2/h11-18,21,23-24H,3-10,19-20,22H2,1-2H3. The molecule has 0 heterocycles. The zero-order chi connectivity index (χ0) is 27.6. The number of halogens is 3. The van der Waals surface area contributed by atoms with Gasteiger partial charge in [0.15, 0.2) is 23.2 Å². The van der Waals surface area contributed by atoms with Crippen molar-refractivity contribution in [1.29, 1.82) is 0 Å². The van der Waals surface area contributed by atoms with Crippen molar-refractivity contribution >= 4 is 0 Å². The first-order valence-electron chi connectivity index (χ1n) is 14.3. The third-order valence-electron chi connectivity index (χ3n) is 7.48. The number of benzene rings is 3. The molecule has 0 aliphatic heterocycles. The monoisotopic (exact) mass is 540 g/mol. The van der Waals surface area contributed by atoms with Crippen LogP contribution in [0.3, 0.4) is 0 Å².